The van der Waals surface area contributed by atoms with E-state index < -0.39 is 0 Å². The fourth-order valence-electron chi connectivity index (χ4n) is 3.30. The van der Waals surface area contributed by atoms with E-state index in [1.165, 1.54) is 42.4 Å². The molecule has 1 aromatic rings. The molecule has 0 bridgehead atoms. The second kappa shape index (κ2) is 7.80. The van der Waals surface area contributed by atoms with Gasteiger partial charge in [0.15, 0.2) is 0 Å². The zero-order chi connectivity index (χ0) is 14.4. The van der Waals surface area contributed by atoms with E-state index in [0.29, 0.717) is 12.1 Å². The molecule has 1 aliphatic heterocycles. The zero-order valence-corrected chi connectivity index (χ0v) is 13.2. The van der Waals surface area contributed by atoms with Crippen molar-refractivity contribution in [1.29, 1.82) is 0 Å². The number of benzene rings is 1. The Bertz CT molecular complexity index is 390. The molecule has 2 heteroatoms. The molecule has 1 N–H and O–H groups in total. The van der Waals surface area contributed by atoms with E-state index in [9.17, 15) is 0 Å². The van der Waals surface area contributed by atoms with Crippen LogP contribution in [0.5, 0.6) is 0 Å². The monoisotopic (exact) mass is 275 g/mol. The molecule has 1 saturated heterocycles. The Morgan fingerprint density at radius 3 is 2.60 bits per heavy atom. The Hall–Kier alpha value is -0.860. The number of nitrogens with one attached hydrogen (secondary N) is 1. The highest BCUT2D eigenvalue weighted by Crippen LogP contribution is 2.19. The summed E-state index contributed by atoms with van der Waals surface area (Å²) >= 11 is 0. The maximum absolute atomic E-state index is 5.74. The first-order valence-corrected chi connectivity index (χ1v) is 8.09. The van der Waals surface area contributed by atoms with Crippen LogP contribution in [0.25, 0.3) is 0 Å². The summed E-state index contributed by atoms with van der Waals surface area (Å²) in [6, 6.07) is 7.47. The van der Waals surface area contributed by atoms with Gasteiger partial charge in [-0.15, -0.1) is 0 Å². The van der Waals surface area contributed by atoms with Crippen LogP contribution in [0, 0.1) is 13.8 Å². The number of hydrogen-bond donors (Lipinski definition) is 1. The van der Waals surface area contributed by atoms with Crippen LogP contribution in [-0.2, 0) is 11.2 Å². The van der Waals surface area contributed by atoms with Crippen LogP contribution in [0.15, 0.2) is 18.2 Å². The maximum Gasteiger partial charge on any atom is 0.0576 e. The molecule has 2 atom stereocenters. The van der Waals surface area contributed by atoms with Crippen molar-refractivity contribution in [2.75, 3.05) is 13.2 Å². The molecule has 2 nitrogen and oxygen atoms in total. The lowest BCUT2D eigenvalue weighted by molar-refractivity contribution is 0.0996. The summed E-state index contributed by atoms with van der Waals surface area (Å²) in [6.07, 6.45) is 6.54. The predicted molar refractivity (Wildman–Crippen MR) is 85.3 cm³/mol. The summed E-state index contributed by atoms with van der Waals surface area (Å²) in [5.41, 5.74) is 4.20. The maximum atomic E-state index is 5.74. The first kappa shape index (κ1) is 15.5. The second-order valence-electron chi connectivity index (χ2n) is 6.17. The molecular weight excluding hydrogens is 246 g/mol. The molecule has 0 amide bonds. The Morgan fingerprint density at radius 2 is 2.00 bits per heavy atom. The summed E-state index contributed by atoms with van der Waals surface area (Å²) in [5.74, 6) is 0. The van der Waals surface area contributed by atoms with Gasteiger partial charge in [-0.1, -0.05) is 36.2 Å². The lowest BCUT2D eigenvalue weighted by Gasteiger charge is -2.20. The molecular formula is C18H29NO. The Kier molecular flexibility index (Phi) is 6.06. The van der Waals surface area contributed by atoms with Gasteiger partial charge in [0.2, 0.25) is 0 Å². The summed E-state index contributed by atoms with van der Waals surface area (Å²) in [6.45, 7) is 8.57. The first-order chi connectivity index (χ1) is 9.67. The summed E-state index contributed by atoms with van der Waals surface area (Å²) in [7, 11) is 0. The number of likely N-dealkylation sites (N-methyl/N-ethyl adjacent to an activating group) is 1. The van der Waals surface area contributed by atoms with Crippen LogP contribution in [0.3, 0.4) is 0 Å². The normalized spacial score (nSPS) is 20.2. The highest BCUT2D eigenvalue weighted by Gasteiger charge is 2.18. The minimum absolute atomic E-state index is 0.510. The van der Waals surface area contributed by atoms with Crippen molar-refractivity contribution in [2.45, 2.75) is 65.0 Å². The molecule has 2 rings (SSSR count). The predicted octanol–water partition coefficient (Wildman–Crippen LogP) is 3.78. The fourth-order valence-corrected chi connectivity index (χ4v) is 3.30. The van der Waals surface area contributed by atoms with Gasteiger partial charge in [0.1, 0.15) is 0 Å². The second-order valence-corrected chi connectivity index (χ2v) is 6.17. The SMILES string of the molecule is CCNC(CCC1CCCO1)Cc1cc(C)cc(C)c1. The first-order valence-electron chi connectivity index (χ1n) is 8.09. The van der Waals surface area contributed by atoms with Gasteiger partial charge in [-0.05, 0) is 58.1 Å². The summed E-state index contributed by atoms with van der Waals surface area (Å²) < 4.78 is 5.74. The third-order valence-corrected chi connectivity index (χ3v) is 4.12. The standard InChI is InChI=1S/C18H29NO/c1-4-19-17(7-8-18-6-5-9-20-18)13-16-11-14(2)10-15(3)12-16/h10-12,17-19H,4-9,13H2,1-3H3. The van der Waals surface area contributed by atoms with Crippen molar-refractivity contribution >= 4 is 0 Å². The van der Waals surface area contributed by atoms with Crippen LogP contribution in [0.4, 0.5) is 0 Å². The molecule has 0 spiro atoms. The Labute approximate surface area is 123 Å². The summed E-state index contributed by atoms with van der Waals surface area (Å²) in [4.78, 5) is 0. The van der Waals surface area contributed by atoms with E-state index in [1.807, 2.05) is 0 Å². The van der Waals surface area contributed by atoms with Gasteiger partial charge in [0.05, 0.1) is 6.10 Å². The average molecular weight is 275 g/mol. The van der Waals surface area contributed by atoms with Gasteiger partial charge in [-0.3, -0.25) is 0 Å². The third-order valence-electron chi connectivity index (χ3n) is 4.12. The molecule has 1 fully saturated rings. The Morgan fingerprint density at radius 1 is 1.25 bits per heavy atom. The minimum Gasteiger partial charge on any atom is -0.378 e. The molecule has 0 aliphatic carbocycles. The van der Waals surface area contributed by atoms with Crippen LogP contribution in [0.2, 0.25) is 0 Å². The van der Waals surface area contributed by atoms with E-state index in [4.69, 9.17) is 4.74 Å². The minimum atomic E-state index is 0.510. The van der Waals surface area contributed by atoms with Crippen LogP contribution >= 0.6 is 0 Å². The molecule has 1 heterocycles. The van der Waals surface area contributed by atoms with Crippen molar-refractivity contribution in [3.63, 3.8) is 0 Å². The van der Waals surface area contributed by atoms with Gasteiger partial charge in [0.25, 0.3) is 0 Å². The van der Waals surface area contributed by atoms with Crippen molar-refractivity contribution in [3.05, 3.63) is 34.9 Å². The number of ether oxygens (including phenoxy) is 1. The van der Waals surface area contributed by atoms with Crippen LogP contribution < -0.4 is 5.32 Å². The van der Waals surface area contributed by atoms with E-state index in [2.05, 4.69) is 44.3 Å². The highest BCUT2D eigenvalue weighted by molar-refractivity contribution is 5.29. The van der Waals surface area contributed by atoms with E-state index in [-0.39, 0.29) is 0 Å². The van der Waals surface area contributed by atoms with Gasteiger partial charge < -0.3 is 10.1 Å². The Balaban J connectivity index is 1.89. The lowest BCUT2D eigenvalue weighted by atomic mass is 9.97. The summed E-state index contributed by atoms with van der Waals surface area (Å²) in [5, 5.41) is 3.64. The lowest BCUT2D eigenvalue weighted by Crippen LogP contribution is -2.32. The number of aryl methyl sites for hydroxylation is 2. The third kappa shape index (κ3) is 4.92. The van der Waals surface area contributed by atoms with E-state index in [0.717, 1.165) is 19.6 Å². The molecule has 0 saturated carbocycles. The zero-order valence-electron chi connectivity index (χ0n) is 13.2. The fraction of sp³-hybridized carbons (Fsp3) is 0.667. The van der Waals surface area contributed by atoms with Gasteiger partial charge in [-0.25, -0.2) is 0 Å². The topological polar surface area (TPSA) is 21.3 Å². The molecule has 0 radical (unpaired) electrons. The molecule has 0 aromatic heterocycles. The van der Waals surface area contributed by atoms with Crippen LogP contribution in [-0.4, -0.2) is 25.3 Å². The van der Waals surface area contributed by atoms with Gasteiger partial charge >= 0.3 is 0 Å². The van der Waals surface area contributed by atoms with Gasteiger partial charge in [-0.2, -0.15) is 0 Å². The molecule has 1 aromatic carbocycles. The number of rotatable bonds is 7. The van der Waals surface area contributed by atoms with Crippen molar-refractivity contribution < 1.29 is 4.74 Å². The van der Waals surface area contributed by atoms with E-state index >= 15 is 0 Å². The molecule has 112 valence electrons. The van der Waals surface area contributed by atoms with E-state index in [1.54, 1.807) is 0 Å². The van der Waals surface area contributed by atoms with Gasteiger partial charge in [0, 0.05) is 12.6 Å². The number of hydrogen-bond acceptors (Lipinski definition) is 2. The molecule has 2 unspecified atom stereocenters. The van der Waals surface area contributed by atoms with Crippen molar-refractivity contribution in [1.82, 2.24) is 5.32 Å². The van der Waals surface area contributed by atoms with Crippen molar-refractivity contribution in [3.8, 4) is 0 Å². The highest BCUT2D eigenvalue weighted by atomic mass is 16.5. The quantitative estimate of drug-likeness (QED) is 0.817. The van der Waals surface area contributed by atoms with Crippen molar-refractivity contribution in [2.24, 2.45) is 0 Å². The molecule has 1 aliphatic rings. The smallest absolute Gasteiger partial charge is 0.0576 e. The average Bonchev–Trinajstić information content (AvgIpc) is 2.88. The van der Waals surface area contributed by atoms with Crippen LogP contribution in [0.1, 0.15) is 49.3 Å². The molecule has 20 heavy (non-hydrogen) atoms. The largest absolute Gasteiger partial charge is 0.378 e.